The second-order valence-electron chi connectivity index (χ2n) is 7.87. The highest BCUT2D eigenvalue weighted by atomic mass is 16.3. The van der Waals surface area contributed by atoms with Gasteiger partial charge in [0, 0.05) is 31.7 Å². The lowest BCUT2D eigenvalue weighted by molar-refractivity contribution is 0.137. The third-order valence-corrected chi connectivity index (χ3v) is 6.51. The number of fused-ring (bicyclic) bond motifs is 2. The first-order chi connectivity index (χ1) is 11.7. The smallest absolute Gasteiger partial charge is 0.317 e. The number of hydrogen-bond donors (Lipinski definition) is 2. The van der Waals surface area contributed by atoms with E-state index in [4.69, 9.17) is 0 Å². The Kier molecular flexibility index (Phi) is 4.25. The van der Waals surface area contributed by atoms with Crippen LogP contribution in [0.2, 0.25) is 0 Å². The number of nitrogens with one attached hydrogen (secondary N) is 1. The van der Waals surface area contributed by atoms with Crippen LogP contribution in [0.4, 0.5) is 4.79 Å². The predicted molar refractivity (Wildman–Crippen MR) is 93.9 cm³/mol. The summed E-state index contributed by atoms with van der Waals surface area (Å²) >= 11 is 0. The van der Waals surface area contributed by atoms with E-state index in [-0.39, 0.29) is 12.6 Å². The highest BCUT2D eigenvalue weighted by Gasteiger charge is 2.56. The summed E-state index contributed by atoms with van der Waals surface area (Å²) in [5.74, 6) is 0.970. The molecule has 2 aliphatic carbocycles. The van der Waals surface area contributed by atoms with E-state index in [1.807, 2.05) is 4.90 Å². The number of rotatable bonds is 3. The van der Waals surface area contributed by atoms with Crippen LogP contribution in [0.15, 0.2) is 24.3 Å². The lowest BCUT2D eigenvalue weighted by atomic mass is 9.78. The molecule has 2 atom stereocenters. The third-order valence-electron chi connectivity index (χ3n) is 6.51. The number of hydrogen-bond acceptors (Lipinski definition) is 2. The topological polar surface area (TPSA) is 52.6 Å². The largest absolute Gasteiger partial charge is 0.396 e. The van der Waals surface area contributed by atoms with Crippen molar-refractivity contribution in [2.75, 3.05) is 26.2 Å². The van der Waals surface area contributed by atoms with Gasteiger partial charge in [-0.25, -0.2) is 4.79 Å². The molecule has 24 heavy (non-hydrogen) atoms. The number of likely N-dealkylation sites (tertiary alicyclic amines) is 1. The predicted octanol–water partition coefficient (Wildman–Crippen LogP) is 2.69. The SMILES string of the molecule is O=C(NCC1CC12CCCc1ccccc12)N1CCC(CO)CC1. The summed E-state index contributed by atoms with van der Waals surface area (Å²) in [6.07, 6.45) is 6.81. The minimum atomic E-state index is 0.0811. The Morgan fingerprint density at radius 3 is 2.88 bits per heavy atom. The van der Waals surface area contributed by atoms with Crippen molar-refractivity contribution >= 4 is 6.03 Å². The molecule has 2 N–H and O–H groups in total. The second-order valence-corrected chi connectivity index (χ2v) is 7.87. The quantitative estimate of drug-likeness (QED) is 0.896. The molecule has 2 unspecified atom stereocenters. The van der Waals surface area contributed by atoms with Gasteiger partial charge in [0.15, 0.2) is 0 Å². The van der Waals surface area contributed by atoms with Gasteiger partial charge in [-0.05, 0) is 61.5 Å². The minimum absolute atomic E-state index is 0.0811. The number of aliphatic hydroxyl groups excluding tert-OH is 1. The van der Waals surface area contributed by atoms with Crippen molar-refractivity contribution in [2.45, 2.75) is 43.9 Å². The molecule has 0 radical (unpaired) electrons. The van der Waals surface area contributed by atoms with Crippen molar-refractivity contribution in [3.63, 3.8) is 0 Å². The van der Waals surface area contributed by atoms with Gasteiger partial charge in [-0.1, -0.05) is 24.3 Å². The summed E-state index contributed by atoms with van der Waals surface area (Å²) in [5.41, 5.74) is 3.40. The molecule has 4 rings (SSSR count). The maximum Gasteiger partial charge on any atom is 0.317 e. The molecule has 0 bridgehead atoms. The van der Waals surface area contributed by atoms with Crippen LogP contribution in [-0.2, 0) is 11.8 Å². The number of benzene rings is 1. The van der Waals surface area contributed by atoms with E-state index >= 15 is 0 Å². The first-order valence-electron chi connectivity index (χ1n) is 9.45. The van der Waals surface area contributed by atoms with E-state index in [1.54, 1.807) is 5.56 Å². The van der Waals surface area contributed by atoms with Crippen molar-refractivity contribution in [2.24, 2.45) is 11.8 Å². The molecule has 1 aliphatic heterocycles. The van der Waals surface area contributed by atoms with Gasteiger partial charge in [0.2, 0.25) is 0 Å². The molecule has 3 aliphatic rings. The lowest BCUT2D eigenvalue weighted by Gasteiger charge is -2.31. The molecule has 1 aromatic rings. The number of nitrogens with zero attached hydrogens (tertiary/aromatic N) is 1. The van der Waals surface area contributed by atoms with Crippen LogP contribution in [0.5, 0.6) is 0 Å². The van der Waals surface area contributed by atoms with Gasteiger partial charge in [0.1, 0.15) is 0 Å². The van der Waals surface area contributed by atoms with E-state index in [0.29, 0.717) is 17.3 Å². The summed E-state index contributed by atoms with van der Waals surface area (Å²) in [4.78, 5) is 14.3. The van der Waals surface area contributed by atoms with Crippen LogP contribution >= 0.6 is 0 Å². The number of amides is 2. The normalized spacial score (nSPS) is 29.4. The Balaban J connectivity index is 1.32. The molecular formula is C20H28N2O2. The first kappa shape index (κ1) is 15.9. The molecule has 130 valence electrons. The van der Waals surface area contributed by atoms with Crippen molar-refractivity contribution in [1.29, 1.82) is 0 Å². The molecule has 1 heterocycles. The fourth-order valence-electron chi connectivity index (χ4n) is 4.88. The maximum atomic E-state index is 12.4. The van der Waals surface area contributed by atoms with E-state index in [9.17, 15) is 9.90 Å². The average Bonchev–Trinajstić information content (AvgIpc) is 3.33. The number of piperidine rings is 1. The van der Waals surface area contributed by atoms with Gasteiger partial charge in [-0.3, -0.25) is 0 Å². The van der Waals surface area contributed by atoms with Crippen LogP contribution in [-0.4, -0.2) is 42.3 Å². The number of aliphatic hydroxyl groups is 1. The summed E-state index contributed by atoms with van der Waals surface area (Å²) in [5, 5.41) is 12.4. The number of carbonyl (C=O) groups is 1. The van der Waals surface area contributed by atoms with Crippen LogP contribution in [0.3, 0.4) is 0 Å². The average molecular weight is 328 g/mol. The summed E-state index contributed by atoms with van der Waals surface area (Å²) < 4.78 is 0. The van der Waals surface area contributed by atoms with E-state index in [0.717, 1.165) is 32.5 Å². The van der Waals surface area contributed by atoms with Crippen molar-refractivity contribution in [1.82, 2.24) is 10.2 Å². The Morgan fingerprint density at radius 2 is 2.08 bits per heavy atom. The second kappa shape index (κ2) is 6.40. The van der Waals surface area contributed by atoms with Crippen LogP contribution in [0.1, 0.15) is 43.2 Å². The Morgan fingerprint density at radius 1 is 1.29 bits per heavy atom. The Labute approximate surface area is 144 Å². The van der Waals surface area contributed by atoms with E-state index < -0.39 is 0 Å². The molecule has 4 heteroatoms. The standard InChI is InChI=1S/C20H28N2O2/c23-14-15-7-10-22(11-8-15)19(24)21-13-17-12-20(17)9-3-5-16-4-1-2-6-18(16)20/h1-2,4,6,15,17,23H,3,5,7-14H2,(H,21,24). The fourth-order valence-corrected chi connectivity index (χ4v) is 4.88. The molecule has 0 aromatic heterocycles. The fraction of sp³-hybridized carbons (Fsp3) is 0.650. The van der Waals surface area contributed by atoms with Crippen molar-refractivity contribution in [3.05, 3.63) is 35.4 Å². The van der Waals surface area contributed by atoms with Crippen LogP contribution in [0.25, 0.3) is 0 Å². The van der Waals surface area contributed by atoms with Gasteiger partial charge < -0.3 is 15.3 Å². The highest BCUT2D eigenvalue weighted by Crippen LogP contribution is 2.59. The molecule has 1 aromatic carbocycles. The molecule has 1 saturated carbocycles. The zero-order valence-electron chi connectivity index (χ0n) is 14.3. The van der Waals surface area contributed by atoms with Crippen LogP contribution in [0, 0.1) is 11.8 Å². The van der Waals surface area contributed by atoms with Gasteiger partial charge in [0.05, 0.1) is 0 Å². The van der Waals surface area contributed by atoms with Gasteiger partial charge in [-0.2, -0.15) is 0 Å². The van der Waals surface area contributed by atoms with Gasteiger partial charge in [-0.15, -0.1) is 0 Å². The summed E-state index contributed by atoms with van der Waals surface area (Å²) in [6.45, 7) is 2.60. The summed E-state index contributed by atoms with van der Waals surface area (Å²) in [6, 6.07) is 8.96. The molecule has 2 fully saturated rings. The zero-order valence-corrected chi connectivity index (χ0v) is 14.3. The molecule has 2 amide bonds. The molecule has 1 spiro atoms. The van der Waals surface area contributed by atoms with Gasteiger partial charge in [0.25, 0.3) is 0 Å². The zero-order chi connectivity index (χ0) is 16.6. The minimum Gasteiger partial charge on any atom is -0.396 e. The van der Waals surface area contributed by atoms with Gasteiger partial charge >= 0.3 is 6.03 Å². The van der Waals surface area contributed by atoms with Crippen molar-refractivity contribution in [3.8, 4) is 0 Å². The third kappa shape index (κ3) is 2.81. The number of urea groups is 1. The lowest BCUT2D eigenvalue weighted by Crippen LogP contribution is -2.45. The van der Waals surface area contributed by atoms with Crippen LogP contribution < -0.4 is 5.32 Å². The molecule has 4 nitrogen and oxygen atoms in total. The number of aryl methyl sites for hydroxylation is 1. The monoisotopic (exact) mass is 328 g/mol. The Hall–Kier alpha value is -1.55. The number of carbonyl (C=O) groups excluding carboxylic acids is 1. The summed E-state index contributed by atoms with van der Waals surface area (Å²) in [7, 11) is 0. The van der Waals surface area contributed by atoms with E-state index in [1.165, 1.54) is 31.2 Å². The molecular weight excluding hydrogens is 300 g/mol. The first-order valence-corrected chi connectivity index (χ1v) is 9.45. The maximum absolute atomic E-state index is 12.4. The molecule has 1 saturated heterocycles. The highest BCUT2D eigenvalue weighted by molar-refractivity contribution is 5.74. The van der Waals surface area contributed by atoms with E-state index in [2.05, 4.69) is 29.6 Å². The van der Waals surface area contributed by atoms with Crippen molar-refractivity contribution < 1.29 is 9.90 Å². The Bertz CT molecular complexity index is 609.